The number of guanidine groups is 1. The first kappa shape index (κ1) is 19.8. The minimum absolute atomic E-state index is 0.0395. The van der Waals surface area contributed by atoms with Gasteiger partial charge in [-0.05, 0) is 12.3 Å². The van der Waals surface area contributed by atoms with Gasteiger partial charge in [-0.3, -0.25) is 25.1 Å². The van der Waals surface area contributed by atoms with Crippen LogP contribution in [0.2, 0.25) is 0 Å². The summed E-state index contributed by atoms with van der Waals surface area (Å²) < 4.78 is 0. The van der Waals surface area contributed by atoms with Crippen molar-refractivity contribution < 1.29 is 14.4 Å². The van der Waals surface area contributed by atoms with E-state index in [0.717, 1.165) is 0 Å². The van der Waals surface area contributed by atoms with Gasteiger partial charge in [-0.1, -0.05) is 20.3 Å². The Bertz CT molecular complexity index is 426. The molecule has 0 aromatic heterocycles. The molecule has 0 saturated heterocycles. The predicted molar refractivity (Wildman–Crippen MR) is 82.7 cm³/mol. The topological polar surface area (TPSA) is 163 Å². The van der Waals surface area contributed by atoms with Crippen LogP contribution < -0.4 is 27.4 Å². The maximum atomic E-state index is 12.0. The zero-order chi connectivity index (χ0) is 17.3. The molecule has 0 fully saturated rings. The smallest absolute Gasteiger partial charge is 0.242 e. The molecule has 126 valence electrons. The maximum absolute atomic E-state index is 12.0. The summed E-state index contributed by atoms with van der Waals surface area (Å²) in [5, 5.41) is 14.1. The maximum Gasteiger partial charge on any atom is 0.242 e. The Morgan fingerprint density at radius 3 is 2.27 bits per heavy atom. The standard InChI is InChI=1S/C13H26N6O3/c1-4-7(2)10(12(22)17-3)19-11(21)8(14)5-6-9(20)18-13(15)16/h7-8,10H,4-6,14H2,1-3H3,(H,17,22)(H,19,21)(H4,15,16,18,20)/t7-,8-,10-/m0/s1. The predicted octanol–water partition coefficient (Wildman–Crippen LogP) is -1.62. The molecule has 0 bridgehead atoms. The van der Waals surface area contributed by atoms with Gasteiger partial charge in [0.15, 0.2) is 5.96 Å². The molecule has 0 aliphatic heterocycles. The van der Waals surface area contributed by atoms with Crippen molar-refractivity contribution in [3.8, 4) is 0 Å². The molecule has 0 aliphatic rings. The average Bonchev–Trinajstić information content (AvgIpc) is 2.47. The number of nitrogens with one attached hydrogen (secondary N) is 4. The van der Waals surface area contributed by atoms with Crippen molar-refractivity contribution in [3.05, 3.63) is 0 Å². The Morgan fingerprint density at radius 2 is 1.82 bits per heavy atom. The summed E-state index contributed by atoms with van der Waals surface area (Å²) in [5.41, 5.74) is 10.7. The lowest BCUT2D eigenvalue weighted by Crippen LogP contribution is -2.53. The van der Waals surface area contributed by atoms with Crippen LogP contribution in [-0.4, -0.2) is 42.8 Å². The first-order chi connectivity index (χ1) is 10.2. The molecule has 0 unspecified atom stereocenters. The molecule has 0 rings (SSSR count). The highest BCUT2D eigenvalue weighted by Gasteiger charge is 2.27. The van der Waals surface area contributed by atoms with Crippen LogP contribution >= 0.6 is 0 Å². The number of hydrogen-bond donors (Lipinski definition) is 6. The third-order valence-corrected chi connectivity index (χ3v) is 3.33. The van der Waals surface area contributed by atoms with Crippen molar-refractivity contribution >= 4 is 23.7 Å². The lowest BCUT2D eigenvalue weighted by Gasteiger charge is -2.24. The normalized spacial score (nSPS) is 14.4. The molecule has 22 heavy (non-hydrogen) atoms. The van der Waals surface area contributed by atoms with Crippen LogP contribution in [0.4, 0.5) is 0 Å². The van der Waals surface area contributed by atoms with Crippen LogP contribution in [-0.2, 0) is 14.4 Å². The average molecular weight is 314 g/mol. The number of carbonyl (C=O) groups excluding carboxylic acids is 3. The van der Waals surface area contributed by atoms with E-state index in [1.54, 1.807) is 0 Å². The van der Waals surface area contributed by atoms with Crippen LogP contribution in [0, 0.1) is 11.3 Å². The third kappa shape index (κ3) is 7.02. The van der Waals surface area contributed by atoms with Crippen molar-refractivity contribution in [1.82, 2.24) is 16.0 Å². The zero-order valence-electron chi connectivity index (χ0n) is 13.2. The molecule has 0 heterocycles. The molecule has 0 spiro atoms. The van der Waals surface area contributed by atoms with Gasteiger partial charge in [-0.25, -0.2) is 0 Å². The van der Waals surface area contributed by atoms with Gasteiger partial charge in [0.05, 0.1) is 6.04 Å². The van der Waals surface area contributed by atoms with E-state index in [2.05, 4.69) is 16.0 Å². The molecule has 0 saturated carbocycles. The second-order valence-corrected chi connectivity index (χ2v) is 5.09. The van der Waals surface area contributed by atoms with Crippen LogP contribution in [0.15, 0.2) is 0 Å². The molecule has 9 heteroatoms. The summed E-state index contributed by atoms with van der Waals surface area (Å²) in [5.74, 6) is -1.77. The lowest BCUT2D eigenvalue weighted by atomic mass is 9.97. The van der Waals surface area contributed by atoms with E-state index in [1.165, 1.54) is 7.05 Å². The fourth-order valence-corrected chi connectivity index (χ4v) is 1.75. The molecule has 3 amide bonds. The number of amides is 3. The van der Waals surface area contributed by atoms with Crippen molar-refractivity contribution in [2.45, 2.75) is 45.2 Å². The largest absolute Gasteiger partial charge is 0.370 e. The van der Waals surface area contributed by atoms with Crippen LogP contribution in [0.25, 0.3) is 0 Å². The fraction of sp³-hybridized carbons (Fsp3) is 0.692. The van der Waals surface area contributed by atoms with Crippen molar-refractivity contribution in [2.75, 3.05) is 7.05 Å². The lowest BCUT2D eigenvalue weighted by molar-refractivity contribution is -0.130. The molecule has 0 aromatic carbocycles. The molecule has 8 N–H and O–H groups in total. The van der Waals surface area contributed by atoms with Gasteiger partial charge in [0, 0.05) is 13.5 Å². The monoisotopic (exact) mass is 314 g/mol. The number of hydrogen-bond acceptors (Lipinski definition) is 5. The second-order valence-electron chi connectivity index (χ2n) is 5.09. The van der Waals surface area contributed by atoms with E-state index in [4.69, 9.17) is 16.9 Å². The second kappa shape index (κ2) is 9.72. The molecule has 3 atom stereocenters. The van der Waals surface area contributed by atoms with Gasteiger partial charge >= 0.3 is 0 Å². The molecular formula is C13H26N6O3. The van der Waals surface area contributed by atoms with Crippen molar-refractivity contribution in [1.29, 1.82) is 5.41 Å². The van der Waals surface area contributed by atoms with Gasteiger partial charge in [0.2, 0.25) is 17.7 Å². The molecule has 0 aromatic rings. The Kier molecular flexibility index (Phi) is 8.76. The van der Waals surface area contributed by atoms with Crippen molar-refractivity contribution in [3.63, 3.8) is 0 Å². The number of carbonyl (C=O) groups is 3. The Morgan fingerprint density at radius 1 is 1.23 bits per heavy atom. The van der Waals surface area contributed by atoms with E-state index in [-0.39, 0.29) is 24.7 Å². The highest BCUT2D eigenvalue weighted by atomic mass is 16.2. The molecule has 0 aliphatic carbocycles. The van der Waals surface area contributed by atoms with Crippen LogP contribution in [0.5, 0.6) is 0 Å². The summed E-state index contributed by atoms with van der Waals surface area (Å²) in [7, 11) is 1.50. The van der Waals surface area contributed by atoms with E-state index >= 15 is 0 Å². The first-order valence-electron chi connectivity index (χ1n) is 7.14. The van der Waals surface area contributed by atoms with Gasteiger partial charge in [0.25, 0.3) is 0 Å². The molecular weight excluding hydrogens is 288 g/mol. The summed E-state index contributed by atoms with van der Waals surface area (Å²) in [6.45, 7) is 3.77. The Labute approximate surface area is 130 Å². The van der Waals surface area contributed by atoms with E-state index in [0.29, 0.717) is 6.42 Å². The molecule has 9 nitrogen and oxygen atoms in total. The minimum atomic E-state index is -0.922. The van der Waals surface area contributed by atoms with E-state index in [9.17, 15) is 14.4 Å². The highest BCUT2D eigenvalue weighted by molar-refractivity contribution is 5.95. The quantitative estimate of drug-likeness (QED) is 0.234. The molecule has 0 radical (unpaired) electrons. The van der Waals surface area contributed by atoms with Crippen LogP contribution in [0.1, 0.15) is 33.1 Å². The Hall–Kier alpha value is -2.16. The first-order valence-corrected chi connectivity index (χ1v) is 7.14. The highest BCUT2D eigenvalue weighted by Crippen LogP contribution is 2.08. The SMILES string of the molecule is CC[C@H](C)[C@H](NC(=O)[C@@H](N)CCC(=O)NC(=N)N)C(=O)NC. The summed E-state index contributed by atoms with van der Waals surface area (Å²) in [6.07, 6.45) is 0.767. The van der Waals surface area contributed by atoms with E-state index < -0.39 is 29.9 Å². The summed E-state index contributed by atoms with van der Waals surface area (Å²) in [6, 6.07) is -1.59. The van der Waals surface area contributed by atoms with Gasteiger partial charge < -0.3 is 22.1 Å². The minimum Gasteiger partial charge on any atom is -0.370 e. The van der Waals surface area contributed by atoms with Gasteiger partial charge in [-0.2, -0.15) is 0 Å². The van der Waals surface area contributed by atoms with Crippen molar-refractivity contribution in [2.24, 2.45) is 17.4 Å². The number of rotatable bonds is 8. The summed E-state index contributed by atoms with van der Waals surface area (Å²) >= 11 is 0. The summed E-state index contributed by atoms with van der Waals surface area (Å²) in [4.78, 5) is 35.1. The van der Waals surface area contributed by atoms with Gasteiger partial charge in [0.1, 0.15) is 6.04 Å². The zero-order valence-corrected chi connectivity index (χ0v) is 13.2. The third-order valence-electron chi connectivity index (χ3n) is 3.33. The fourth-order valence-electron chi connectivity index (χ4n) is 1.75. The number of nitrogens with two attached hydrogens (primary N) is 2. The van der Waals surface area contributed by atoms with Gasteiger partial charge in [-0.15, -0.1) is 0 Å². The van der Waals surface area contributed by atoms with E-state index in [1.807, 2.05) is 13.8 Å². The van der Waals surface area contributed by atoms with Crippen LogP contribution in [0.3, 0.4) is 0 Å². The Balaban J connectivity index is 4.51. The number of likely N-dealkylation sites (N-methyl/N-ethyl adjacent to an activating group) is 1.